The Bertz CT molecular complexity index is 3950. The van der Waals surface area contributed by atoms with E-state index in [-0.39, 0.29) is 51.8 Å². The fraction of sp³-hybridized carbons (Fsp3) is 0.279. The second kappa shape index (κ2) is 28.9. The highest BCUT2D eigenvalue weighted by atomic mass is 19.1. The Kier molecular flexibility index (Phi) is 21.8. The van der Waals surface area contributed by atoms with Crippen LogP contribution < -0.4 is 38.4 Å². The summed E-state index contributed by atoms with van der Waals surface area (Å²) in [5.41, 5.74) is 1.34. The fourth-order valence-corrected chi connectivity index (χ4v) is 8.94. The van der Waals surface area contributed by atoms with Gasteiger partial charge in [0.2, 0.25) is 5.91 Å². The van der Waals surface area contributed by atoms with E-state index in [9.17, 15) is 47.9 Å². The molecule has 0 aliphatic heterocycles. The summed E-state index contributed by atoms with van der Waals surface area (Å²) >= 11 is 0. The molecule has 0 fully saturated rings. The van der Waals surface area contributed by atoms with Crippen molar-refractivity contribution in [2.45, 2.75) is 59.4 Å². The van der Waals surface area contributed by atoms with Gasteiger partial charge in [0.25, 0.3) is 22.9 Å². The van der Waals surface area contributed by atoms with E-state index >= 15 is 17.6 Å². The molecule has 5 aromatic carbocycles. The predicted octanol–water partition coefficient (Wildman–Crippen LogP) is 5.98. The Morgan fingerprint density at radius 3 is 1.50 bits per heavy atom. The molecule has 0 saturated carbocycles. The number of amides is 4. The van der Waals surface area contributed by atoms with E-state index in [1.165, 1.54) is 30.3 Å². The Morgan fingerprint density at radius 1 is 0.570 bits per heavy atom. The van der Waals surface area contributed by atoms with E-state index in [2.05, 4.69) is 15.4 Å². The van der Waals surface area contributed by atoms with Crippen LogP contribution >= 0.6 is 0 Å². The molecule has 0 bridgehead atoms. The maximum atomic E-state index is 15.8. The molecule has 4 amide bonds. The predicted molar refractivity (Wildman–Crippen MR) is 313 cm³/mol. The largest absolute Gasteiger partial charge is 0.468 e. The first-order valence-electron chi connectivity index (χ1n) is 26.4. The highest BCUT2D eigenvalue weighted by molar-refractivity contribution is 5.98. The minimum atomic E-state index is -1.47. The van der Waals surface area contributed by atoms with Crippen molar-refractivity contribution in [1.29, 1.82) is 0 Å². The molecule has 7 rings (SSSR count). The summed E-state index contributed by atoms with van der Waals surface area (Å²) in [6.45, 7) is 3.13. The van der Waals surface area contributed by atoms with Gasteiger partial charge < -0.3 is 44.2 Å². The molecule has 0 spiro atoms. The number of halogens is 4. The number of methoxy groups -OCH3 is 2. The average molecular weight is 1200 g/mol. The van der Waals surface area contributed by atoms with E-state index in [4.69, 9.17) is 9.47 Å². The van der Waals surface area contributed by atoms with Gasteiger partial charge in [0.05, 0.1) is 25.3 Å². The molecule has 2 heterocycles. The molecular formula is C61H68F4N8O13. The molecule has 86 heavy (non-hydrogen) atoms. The number of nitrogens with one attached hydrogen (secondary N) is 3. The zero-order valence-electron chi connectivity index (χ0n) is 48.4. The zero-order chi connectivity index (χ0) is 63.3. The number of alkyl carbamates (subject to hydrolysis) is 1. The van der Waals surface area contributed by atoms with Gasteiger partial charge in [0.15, 0.2) is 0 Å². The van der Waals surface area contributed by atoms with Gasteiger partial charge in [-0.2, -0.15) is 0 Å². The molecule has 21 nitrogen and oxygen atoms in total. The lowest BCUT2D eigenvalue weighted by Gasteiger charge is -2.24. The summed E-state index contributed by atoms with van der Waals surface area (Å²) in [5.74, 6) is -10.8. The second-order valence-corrected chi connectivity index (χ2v) is 19.8. The third-order valence-electron chi connectivity index (χ3n) is 13.9. The minimum absolute atomic E-state index is 0. The molecule has 0 aliphatic carbocycles. The molecule has 0 saturated heterocycles. The maximum absolute atomic E-state index is 15.8. The topological polar surface area (TPSA) is 257 Å². The molecule has 7 aromatic rings. The van der Waals surface area contributed by atoms with Crippen molar-refractivity contribution in [2.75, 3.05) is 27.3 Å². The summed E-state index contributed by atoms with van der Waals surface area (Å²) in [4.78, 5) is 126. The summed E-state index contributed by atoms with van der Waals surface area (Å²) in [7, 11) is 8.12. The van der Waals surface area contributed by atoms with Gasteiger partial charge >= 0.3 is 29.4 Å². The first-order chi connectivity index (χ1) is 40.8. The van der Waals surface area contributed by atoms with E-state index in [0.29, 0.717) is 33.6 Å². The van der Waals surface area contributed by atoms with Crippen molar-refractivity contribution < 1.29 is 64.8 Å². The van der Waals surface area contributed by atoms with Gasteiger partial charge in [-0.1, -0.05) is 84.4 Å². The number of esters is 2. The Balaban J connectivity index is 0.000000841. The van der Waals surface area contributed by atoms with E-state index in [1.54, 1.807) is 75.5 Å². The van der Waals surface area contributed by atoms with E-state index < -0.39 is 113 Å². The first-order valence-corrected chi connectivity index (χ1v) is 26.4. The van der Waals surface area contributed by atoms with Gasteiger partial charge in [-0.3, -0.25) is 37.9 Å². The summed E-state index contributed by atoms with van der Waals surface area (Å²) < 4.78 is 81.3. The lowest BCUT2D eigenvalue weighted by molar-refractivity contribution is -0.143. The lowest BCUT2D eigenvalue weighted by atomic mass is 10.00. The standard InChI is InChI=1S/C47H46F4N6O11.C14H16N2O2.3H2/c1-26-39(44(62)56(3)47(65)55(26)2)31-13-11-27(12-14-31)21-36(45(63)67-5)54-43(61)41-34(50)19-30(20-35(41)51)24-57(37(58)15-16-52-46(64)68-25-28-9-7-6-8-10-28)23-29-17-32(48)40(33(49)18-29)42(60)53-22-38(59)66-4;1-9-5-7-11(8-6-9)12-10(2)15(3)14(18)16(4)13(12)17;;;/h6-14,17-20,36H,15-16,21-25H2,1-5H3,(H,52,64)(H,53,60)(H,54,61);5-8H,1-4H3;3*1H/t36-;;;;/m0..../s1. The number of ether oxygens (including phenoxy) is 3. The van der Waals surface area contributed by atoms with Crippen molar-refractivity contribution in [1.82, 2.24) is 39.1 Å². The maximum Gasteiger partial charge on any atom is 0.407 e. The van der Waals surface area contributed by atoms with Gasteiger partial charge in [0, 0.05) is 76.3 Å². The van der Waals surface area contributed by atoms with Gasteiger partial charge in [-0.15, -0.1) is 0 Å². The number of benzene rings is 5. The number of carbonyl (C=O) groups is 6. The van der Waals surface area contributed by atoms with E-state index in [0.717, 1.165) is 63.6 Å². The van der Waals surface area contributed by atoms with Crippen LogP contribution in [0.2, 0.25) is 0 Å². The fourth-order valence-electron chi connectivity index (χ4n) is 8.94. The van der Waals surface area contributed by atoms with Crippen LogP contribution in [-0.4, -0.2) is 92.3 Å². The molecule has 0 aliphatic rings. The molecule has 1 atom stereocenters. The number of aromatic nitrogens is 4. The van der Waals surface area contributed by atoms with Crippen LogP contribution in [0.5, 0.6) is 0 Å². The van der Waals surface area contributed by atoms with Gasteiger partial charge in [-0.05, 0) is 78.4 Å². The van der Waals surface area contributed by atoms with Crippen molar-refractivity contribution in [3.8, 4) is 22.3 Å². The Labute approximate surface area is 493 Å². The highest BCUT2D eigenvalue weighted by Crippen LogP contribution is 2.24. The summed E-state index contributed by atoms with van der Waals surface area (Å²) in [6, 6.07) is 24.2. The zero-order valence-corrected chi connectivity index (χ0v) is 48.4. The molecule has 0 radical (unpaired) electrons. The molecular weight excluding hydrogens is 1130 g/mol. The van der Waals surface area contributed by atoms with Crippen molar-refractivity contribution >= 4 is 35.8 Å². The second-order valence-electron chi connectivity index (χ2n) is 19.8. The Morgan fingerprint density at radius 2 is 1.03 bits per heavy atom. The van der Waals surface area contributed by atoms with Crippen molar-refractivity contribution in [3.63, 3.8) is 0 Å². The van der Waals surface area contributed by atoms with Crippen LogP contribution in [0.3, 0.4) is 0 Å². The number of aryl methyl sites for hydroxylation is 1. The summed E-state index contributed by atoms with van der Waals surface area (Å²) in [5, 5.41) is 6.70. The smallest absolute Gasteiger partial charge is 0.407 e. The minimum Gasteiger partial charge on any atom is -0.468 e. The number of hydrogen-bond donors (Lipinski definition) is 3. The van der Waals surface area contributed by atoms with Crippen LogP contribution in [0, 0.1) is 44.0 Å². The highest BCUT2D eigenvalue weighted by Gasteiger charge is 2.29. The number of hydrogen-bond acceptors (Lipinski definition) is 13. The average Bonchev–Trinajstić information content (AvgIpc) is 1.01. The van der Waals surface area contributed by atoms with Crippen LogP contribution in [-0.2, 0) is 82.9 Å². The van der Waals surface area contributed by atoms with Crippen LogP contribution in [0.25, 0.3) is 22.3 Å². The monoisotopic (exact) mass is 1200 g/mol. The van der Waals surface area contributed by atoms with Gasteiger partial charge in [-0.25, -0.2) is 36.7 Å². The SMILES string of the molecule is COC(=O)CNC(=O)c1c(F)cc(CN(Cc2cc(F)c(C(=O)N[C@@H](Cc3ccc(-c4c(C)n(C)c(=O)n(C)c4=O)cc3)C(=O)OC)c(F)c2)C(=O)CCNC(=O)OCc2ccccc2)cc1F.Cc1ccc(-c2c(C)n(C)c(=O)n(C)c2=O)cc1.[HH].[HH].[HH]. The first kappa shape index (κ1) is 65.0. The third kappa shape index (κ3) is 15.7. The molecule has 458 valence electrons. The lowest BCUT2D eigenvalue weighted by Crippen LogP contribution is -2.43. The Hall–Kier alpha value is -10.2. The van der Waals surface area contributed by atoms with Crippen LogP contribution in [0.15, 0.2) is 122 Å². The van der Waals surface area contributed by atoms with Crippen molar-refractivity contribution in [3.05, 3.63) is 218 Å². The van der Waals surface area contributed by atoms with E-state index in [1.807, 2.05) is 36.5 Å². The van der Waals surface area contributed by atoms with Crippen molar-refractivity contribution in [2.24, 2.45) is 28.2 Å². The molecule has 3 N–H and O–H groups in total. The van der Waals surface area contributed by atoms with Gasteiger partial charge in [0.1, 0.15) is 53.6 Å². The third-order valence-corrected chi connectivity index (χ3v) is 13.9. The van der Waals surface area contributed by atoms with Crippen LogP contribution in [0.4, 0.5) is 22.4 Å². The molecule has 0 unspecified atom stereocenters. The summed E-state index contributed by atoms with van der Waals surface area (Å²) in [6.07, 6.45) is -1.53. The number of nitrogens with zero attached hydrogens (tertiary/aromatic N) is 5. The number of rotatable bonds is 19. The normalized spacial score (nSPS) is 11.1. The molecule has 2 aromatic heterocycles. The number of carbonyl (C=O) groups excluding carboxylic acids is 6. The molecule has 25 heteroatoms. The quantitative estimate of drug-likeness (QED) is 0.0479. The van der Waals surface area contributed by atoms with Crippen LogP contribution in [0.1, 0.15) is 70.6 Å².